The van der Waals surface area contributed by atoms with E-state index in [4.69, 9.17) is 0 Å². The van der Waals surface area contributed by atoms with Crippen molar-refractivity contribution < 1.29 is 13.2 Å². The lowest BCUT2D eigenvalue weighted by Gasteiger charge is -2.63. The summed E-state index contributed by atoms with van der Waals surface area (Å²) in [5, 5.41) is 0. The molecule has 6 rings (SSSR count). The molecule has 1 amide bonds. The number of hydrogen-bond acceptors (Lipinski definition) is 3. The third-order valence-corrected chi connectivity index (χ3v) is 14.8. The molecule has 234 valence electrons. The summed E-state index contributed by atoms with van der Waals surface area (Å²) in [7, 11) is -3.89. The van der Waals surface area contributed by atoms with E-state index in [9.17, 15) is 13.2 Å². The second-order valence-electron chi connectivity index (χ2n) is 15.3. The molecule has 4 nitrogen and oxygen atoms in total. The summed E-state index contributed by atoms with van der Waals surface area (Å²) in [6, 6.07) is 16.6. The zero-order valence-corrected chi connectivity index (χ0v) is 27.7. The molecule has 1 N–H and O–H groups in total. The maximum atomic E-state index is 13.0. The van der Waals surface area contributed by atoms with Gasteiger partial charge in [-0.1, -0.05) is 89.4 Å². The lowest BCUT2D eigenvalue weighted by Crippen LogP contribution is -2.55. The van der Waals surface area contributed by atoms with Gasteiger partial charge in [-0.3, -0.25) is 4.79 Å². The molecule has 0 radical (unpaired) electrons. The van der Waals surface area contributed by atoms with Gasteiger partial charge in [0.2, 0.25) is 5.91 Å². The standard InChI is InChI=1S/C38H53NO3S/c1-5-27-25-31-34-20-19-32(38(34,4)24-22-35(31)37(3)23-10-9-13-33(27)37)26(2)14-21-36(40)39-43(41,42)30-17-15-29(16-18-30)28-11-7-6-8-12-28/h6-8,11-12,15-18,26-27,31-35H,5,9-10,13-14,19-25H2,1-4H3,(H,39,40)/t26-,27+,31?,32-,33+,34?,35?,37+,38-/m1/s1. The average Bonchev–Trinajstić information content (AvgIpc) is 3.37. The van der Waals surface area contributed by atoms with Crippen LogP contribution in [0, 0.1) is 52.3 Å². The van der Waals surface area contributed by atoms with E-state index in [0.29, 0.717) is 22.7 Å². The third-order valence-electron chi connectivity index (χ3n) is 13.4. The summed E-state index contributed by atoms with van der Waals surface area (Å²) >= 11 is 0. The summed E-state index contributed by atoms with van der Waals surface area (Å²) in [6.45, 7) is 10.0. The molecule has 2 aromatic carbocycles. The van der Waals surface area contributed by atoms with E-state index in [-0.39, 0.29) is 11.3 Å². The molecule has 4 aliphatic carbocycles. The van der Waals surface area contributed by atoms with E-state index in [1.807, 2.05) is 30.3 Å². The van der Waals surface area contributed by atoms with Gasteiger partial charge in [-0.2, -0.15) is 0 Å². The zero-order chi connectivity index (χ0) is 30.4. The van der Waals surface area contributed by atoms with Crippen LogP contribution in [0.2, 0.25) is 0 Å². The topological polar surface area (TPSA) is 63.2 Å². The van der Waals surface area contributed by atoms with Gasteiger partial charge in [-0.05, 0) is 127 Å². The first kappa shape index (κ1) is 30.9. The Morgan fingerprint density at radius 2 is 1.56 bits per heavy atom. The summed E-state index contributed by atoms with van der Waals surface area (Å²) in [4.78, 5) is 13.1. The molecule has 4 fully saturated rings. The normalized spacial score (nSPS) is 36.2. The fourth-order valence-corrected chi connectivity index (χ4v) is 12.3. The molecular weight excluding hydrogens is 550 g/mol. The first-order valence-electron chi connectivity index (χ1n) is 17.3. The van der Waals surface area contributed by atoms with E-state index in [2.05, 4.69) is 32.4 Å². The fourth-order valence-electron chi connectivity index (χ4n) is 11.3. The van der Waals surface area contributed by atoms with Gasteiger partial charge in [0.15, 0.2) is 0 Å². The van der Waals surface area contributed by atoms with Crippen LogP contribution in [-0.4, -0.2) is 14.3 Å². The van der Waals surface area contributed by atoms with Gasteiger partial charge in [-0.15, -0.1) is 0 Å². The summed E-state index contributed by atoms with van der Waals surface area (Å²) in [5.74, 6) is 5.03. The zero-order valence-electron chi connectivity index (χ0n) is 26.9. The fraction of sp³-hybridized carbons (Fsp3) is 0.658. The summed E-state index contributed by atoms with van der Waals surface area (Å²) in [6.07, 6.45) is 14.8. The van der Waals surface area contributed by atoms with E-state index in [0.717, 1.165) is 47.1 Å². The number of benzene rings is 2. The van der Waals surface area contributed by atoms with Crippen LogP contribution >= 0.6 is 0 Å². The van der Waals surface area contributed by atoms with Gasteiger partial charge in [0, 0.05) is 6.42 Å². The van der Waals surface area contributed by atoms with Crippen molar-refractivity contribution in [3.05, 3.63) is 54.6 Å². The van der Waals surface area contributed by atoms with E-state index in [1.165, 1.54) is 64.2 Å². The predicted octanol–water partition coefficient (Wildman–Crippen LogP) is 9.26. The van der Waals surface area contributed by atoms with E-state index in [1.54, 1.807) is 24.3 Å². The molecule has 0 aromatic heterocycles. The molecule has 0 bridgehead atoms. The van der Waals surface area contributed by atoms with Gasteiger partial charge in [0.1, 0.15) is 0 Å². The van der Waals surface area contributed by atoms with Crippen LogP contribution in [-0.2, 0) is 14.8 Å². The monoisotopic (exact) mass is 603 g/mol. The number of carbonyl (C=O) groups is 1. The van der Waals surface area contributed by atoms with Crippen molar-refractivity contribution in [2.45, 2.75) is 110 Å². The largest absolute Gasteiger partial charge is 0.274 e. The predicted molar refractivity (Wildman–Crippen MR) is 175 cm³/mol. The number of nitrogens with one attached hydrogen (secondary N) is 1. The molecule has 5 heteroatoms. The van der Waals surface area contributed by atoms with Crippen molar-refractivity contribution in [3.63, 3.8) is 0 Å². The molecule has 3 unspecified atom stereocenters. The first-order valence-corrected chi connectivity index (χ1v) is 18.8. The van der Waals surface area contributed by atoms with Crippen LogP contribution in [0.1, 0.15) is 105 Å². The second-order valence-corrected chi connectivity index (χ2v) is 17.0. The lowest BCUT2D eigenvalue weighted by atomic mass is 9.42. The highest BCUT2D eigenvalue weighted by molar-refractivity contribution is 7.90. The number of carbonyl (C=O) groups excluding carboxylic acids is 1. The molecular formula is C38H53NO3S. The SMILES string of the molecule is CC[C@H]1CC2C3CC[C@H]([C@H](C)CCC(=O)NS(=O)(=O)c4ccc(-c5ccccc5)cc4)[C@@]3(C)CCC2[C@@]2(C)CCCC[C@@H]12. The van der Waals surface area contributed by atoms with Crippen LogP contribution in [0.3, 0.4) is 0 Å². The van der Waals surface area contributed by atoms with E-state index < -0.39 is 15.9 Å². The Morgan fingerprint density at radius 3 is 2.28 bits per heavy atom. The Labute approximate surface area is 260 Å². The third kappa shape index (κ3) is 5.62. The Kier molecular flexibility index (Phi) is 8.61. The van der Waals surface area contributed by atoms with Crippen molar-refractivity contribution in [2.24, 2.45) is 52.3 Å². The van der Waals surface area contributed by atoms with Crippen LogP contribution in [0.4, 0.5) is 0 Å². The van der Waals surface area contributed by atoms with Crippen molar-refractivity contribution >= 4 is 15.9 Å². The Balaban J connectivity index is 1.07. The second kappa shape index (κ2) is 12.0. The van der Waals surface area contributed by atoms with Crippen LogP contribution in [0.25, 0.3) is 11.1 Å². The summed E-state index contributed by atoms with van der Waals surface area (Å²) in [5.41, 5.74) is 2.86. The van der Waals surface area contributed by atoms with Crippen LogP contribution < -0.4 is 4.72 Å². The van der Waals surface area contributed by atoms with Crippen molar-refractivity contribution in [1.82, 2.24) is 4.72 Å². The number of fused-ring (bicyclic) bond motifs is 5. The molecule has 0 saturated heterocycles. The number of rotatable bonds is 8. The smallest absolute Gasteiger partial charge is 0.264 e. The van der Waals surface area contributed by atoms with Crippen molar-refractivity contribution in [1.29, 1.82) is 0 Å². The highest BCUT2D eigenvalue weighted by Gasteiger charge is 2.61. The number of hydrogen-bond donors (Lipinski definition) is 1. The summed E-state index contributed by atoms with van der Waals surface area (Å²) < 4.78 is 28.4. The van der Waals surface area contributed by atoms with Crippen LogP contribution in [0.15, 0.2) is 59.5 Å². The molecule has 0 aliphatic heterocycles. The van der Waals surface area contributed by atoms with Gasteiger partial charge in [-0.25, -0.2) is 13.1 Å². The van der Waals surface area contributed by atoms with Gasteiger partial charge >= 0.3 is 0 Å². The van der Waals surface area contributed by atoms with Gasteiger partial charge in [0.05, 0.1) is 4.90 Å². The first-order chi connectivity index (χ1) is 20.6. The van der Waals surface area contributed by atoms with Gasteiger partial charge in [0.25, 0.3) is 10.0 Å². The van der Waals surface area contributed by atoms with E-state index >= 15 is 0 Å². The molecule has 0 heterocycles. The molecule has 4 saturated carbocycles. The highest BCUT2D eigenvalue weighted by Crippen LogP contribution is 2.69. The number of amides is 1. The van der Waals surface area contributed by atoms with Crippen LogP contribution in [0.5, 0.6) is 0 Å². The maximum Gasteiger partial charge on any atom is 0.264 e. The molecule has 0 spiro atoms. The van der Waals surface area contributed by atoms with Crippen molar-refractivity contribution in [2.75, 3.05) is 0 Å². The Morgan fingerprint density at radius 1 is 0.860 bits per heavy atom. The minimum absolute atomic E-state index is 0.128. The molecule has 43 heavy (non-hydrogen) atoms. The van der Waals surface area contributed by atoms with Gasteiger partial charge < -0.3 is 0 Å². The number of sulfonamides is 1. The Hall–Kier alpha value is -2.14. The minimum Gasteiger partial charge on any atom is -0.274 e. The molecule has 4 aliphatic rings. The average molecular weight is 604 g/mol. The highest BCUT2D eigenvalue weighted by atomic mass is 32.2. The lowest BCUT2D eigenvalue weighted by molar-refractivity contribution is -0.138. The molecule has 9 atom stereocenters. The maximum absolute atomic E-state index is 13.0. The molecule has 2 aromatic rings. The quantitative estimate of drug-likeness (QED) is 0.327. The van der Waals surface area contributed by atoms with Crippen molar-refractivity contribution in [3.8, 4) is 11.1 Å². The minimum atomic E-state index is -3.89. The Bertz CT molecular complexity index is 1390.